The molecule has 1 aromatic carbocycles. The molecular weight excluding hydrogens is 334 g/mol. The summed E-state index contributed by atoms with van der Waals surface area (Å²) in [7, 11) is 0. The largest absolute Gasteiger partial charge is 0.491 e. The highest BCUT2D eigenvalue weighted by molar-refractivity contribution is 9.10. The summed E-state index contributed by atoms with van der Waals surface area (Å²) in [6.07, 6.45) is 3.45. The van der Waals surface area contributed by atoms with Gasteiger partial charge in [0.2, 0.25) is 5.91 Å². The van der Waals surface area contributed by atoms with E-state index < -0.39 is 0 Å². The molecule has 0 unspecified atom stereocenters. The molecular formula is C15H12BrN3O2. The zero-order valence-electron chi connectivity index (χ0n) is 11.0. The van der Waals surface area contributed by atoms with Crippen molar-refractivity contribution in [3.63, 3.8) is 0 Å². The maximum Gasteiger partial charge on any atom is 0.227 e. The maximum atomic E-state index is 11.8. The molecule has 2 rings (SSSR count). The van der Waals surface area contributed by atoms with Crippen LogP contribution in [-0.4, -0.2) is 17.5 Å². The predicted octanol–water partition coefficient (Wildman–Crippen LogP) is 3.12. The van der Waals surface area contributed by atoms with Crippen molar-refractivity contribution < 1.29 is 9.53 Å². The summed E-state index contributed by atoms with van der Waals surface area (Å²) in [5, 5.41) is 11.5. The molecule has 0 aliphatic heterocycles. The van der Waals surface area contributed by atoms with E-state index >= 15 is 0 Å². The molecule has 6 heteroatoms. The van der Waals surface area contributed by atoms with Gasteiger partial charge in [0.25, 0.3) is 0 Å². The SMILES string of the molecule is N#Cc1cccc(NC(=O)CCOc2cncc(Br)c2)c1. The molecule has 0 saturated carbocycles. The van der Waals surface area contributed by atoms with Gasteiger partial charge in [-0.1, -0.05) is 6.07 Å². The summed E-state index contributed by atoms with van der Waals surface area (Å²) in [5.41, 5.74) is 1.10. The van der Waals surface area contributed by atoms with E-state index in [4.69, 9.17) is 10.00 Å². The lowest BCUT2D eigenvalue weighted by Crippen LogP contribution is -2.15. The molecule has 0 aliphatic rings. The van der Waals surface area contributed by atoms with Gasteiger partial charge < -0.3 is 10.1 Å². The average molecular weight is 346 g/mol. The summed E-state index contributed by atoms with van der Waals surface area (Å²) in [6, 6.07) is 10.6. The van der Waals surface area contributed by atoms with Crippen molar-refractivity contribution in [3.8, 4) is 11.8 Å². The topological polar surface area (TPSA) is 75.0 Å². The van der Waals surface area contributed by atoms with E-state index in [0.29, 0.717) is 17.0 Å². The molecule has 1 heterocycles. The number of nitriles is 1. The number of aromatic nitrogens is 1. The second-order valence-corrected chi connectivity index (χ2v) is 5.09. The fraction of sp³-hybridized carbons (Fsp3) is 0.133. The third-order valence-corrected chi connectivity index (χ3v) is 2.99. The fourth-order valence-electron chi connectivity index (χ4n) is 1.62. The van der Waals surface area contributed by atoms with Crippen molar-refractivity contribution in [1.82, 2.24) is 4.98 Å². The molecule has 106 valence electrons. The van der Waals surface area contributed by atoms with E-state index in [-0.39, 0.29) is 18.9 Å². The molecule has 1 N–H and O–H groups in total. The molecule has 0 aliphatic carbocycles. The minimum atomic E-state index is -0.173. The summed E-state index contributed by atoms with van der Waals surface area (Å²) < 4.78 is 6.25. The first-order valence-corrected chi connectivity index (χ1v) is 7.00. The molecule has 0 spiro atoms. The number of amides is 1. The van der Waals surface area contributed by atoms with Gasteiger partial charge in [-0.05, 0) is 40.2 Å². The van der Waals surface area contributed by atoms with Crippen LogP contribution in [-0.2, 0) is 4.79 Å². The zero-order chi connectivity index (χ0) is 15.1. The number of pyridine rings is 1. The van der Waals surface area contributed by atoms with Gasteiger partial charge in [0.15, 0.2) is 0 Å². The van der Waals surface area contributed by atoms with E-state index in [2.05, 4.69) is 26.2 Å². The third kappa shape index (κ3) is 4.89. The van der Waals surface area contributed by atoms with Crippen LogP contribution in [0, 0.1) is 11.3 Å². The Hall–Kier alpha value is -2.39. The van der Waals surface area contributed by atoms with Gasteiger partial charge in [-0.2, -0.15) is 5.26 Å². The third-order valence-electron chi connectivity index (χ3n) is 2.55. The lowest BCUT2D eigenvalue weighted by Gasteiger charge is -2.07. The number of hydrogen-bond acceptors (Lipinski definition) is 4. The van der Waals surface area contributed by atoms with Crippen molar-refractivity contribution in [1.29, 1.82) is 5.26 Å². The average Bonchev–Trinajstić information content (AvgIpc) is 2.47. The monoisotopic (exact) mass is 345 g/mol. The predicted molar refractivity (Wildman–Crippen MR) is 81.8 cm³/mol. The Bertz CT molecular complexity index is 683. The van der Waals surface area contributed by atoms with Crippen LogP contribution < -0.4 is 10.1 Å². The summed E-state index contributed by atoms with van der Waals surface area (Å²) in [4.78, 5) is 15.7. The van der Waals surface area contributed by atoms with Crippen molar-refractivity contribution in [3.05, 3.63) is 52.8 Å². The van der Waals surface area contributed by atoms with Gasteiger partial charge in [0.1, 0.15) is 5.75 Å². The lowest BCUT2D eigenvalue weighted by molar-refractivity contribution is -0.116. The molecule has 0 fully saturated rings. The fourth-order valence-corrected chi connectivity index (χ4v) is 1.97. The Morgan fingerprint density at radius 2 is 2.24 bits per heavy atom. The molecule has 0 atom stereocenters. The van der Waals surface area contributed by atoms with Crippen LogP contribution in [0.25, 0.3) is 0 Å². The first-order valence-electron chi connectivity index (χ1n) is 6.21. The van der Waals surface area contributed by atoms with E-state index in [1.54, 1.807) is 42.7 Å². The normalized spacial score (nSPS) is 9.71. The van der Waals surface area contributed by atoms with Crippen LogP contribution in [0.5, 0.6) is 5.75 Å². The van der Waals surface area contributed by atoms with E-state index in [0.717, 1.165) is 4.47 Å². The number of halogens is 1. The maximum absolute atomic E-state index is 11.8. The van der Waals surface area contributed by atoms with Crippen LogP contribution >= 0.6 is 15.9 Å². The second kappa shape index (κ2) is 7.41. The van der Waals surface area contributed by atoms with Crippen molar-refractivity contribution in [2.45, 2.75) is 6.42 Å². The van der Waals surface area contributed by atoms with E-state index in [1.807, 2.05) is 6.07 Å². The Morgan fingerprint density at radius 3 is 3.00 bits per heavy atom. The van der Waals surface area contributed by atoms with Crippen molar-refractivity contribution in [2.24, 2.45) is 0 Å². The first-order chi connectivity index (χ1) is 10.2. The molecule has 0 bridgehead atoms. The Kier molecular flexibility index (Phi) is 5.29. The number of nitrogens with one attached hydrogen (secondary N) is 1. The second-order valence-electron chi connectivity index (χ2n) is 4.18. The molecule has 1 aromatic heterocycles. The number of carbonyl (C=O) groups excluding carboxylic acids is 1. The number of nitrogens with zero attached hydrogens (tertiary/aromatic N) is 2. The van der Waals surface area contributed by atoms with Crippen molar-refractivity contribution in [2.75, 3.05) is 11.9 Å². The van der Waals surface area contributed by atoms with Crippen LogP contribution in [0.4, 0.5) is 5.69 Å². The molecule has 1 amide bonds. The van der Waals surface area contributed by atoms with Gasteiger partial charge in [-0.15, -0.1) is 0 Å². The zero-order valence-corrected chi connectivity index (χ0v) is 12.6. The molecule has 0 saturated heterocycles. The number of hydrogen-bond donors (Lipinski definition) is 1. The van der Waals surface area contributed by atoms with Gasteiger partial charge in [0, 0.05) is 16.4 Å². The Morgan fingerprint density at radius 1 is 1.38 bits per heavy atom. The van der Waals surface area contributed by atoms with Gasteiger partial charge in [-0.3, -0.25) is 9.78 Å². The van der Waals surface area contributed by atoms with Gasteiger partial charge >= 0.3 is 0 Å². The van der Waals surface area contributed by atoms with Gasteiger partial charge in [-0.25, -0.2) is 0 Å². The number of carbonyl (C=O) groups is 1. The number of ether oxygens (including phenoxy) is 1. The minimum Gasteiger partial charge on any atom is -0.491 e. The molecule has 2 aromatic rings. The number of anilines is 1. The quantitative estimate of drug-likeness (QED) is 0.903. The number of rotatable bonds is 5. The summed E-state index contributed by atoms with van der Waals surface area (Å²) in [6.45, 7) is 0.252. The highest BCUT2D eigenvalue weighted by Crippen LogP contribution is 2.16. The Balaban J connectivity index is 1.81. The van der Waals surface area contributed by atoms with Crippen LogP contribution in [0.1, 0.15) is 12.0 Å². The Labute approximate surface area is 130 Å². The first kappa shape index (κ1) is 15.0. The lowest BCUT2D eigenvalue weighted by atomic mass is 10.2. The number of benzene rings is 1. The van der Waals surface area contributed by atoms with Crippen LogP contribution in [0.2, 0.25) is 0 Å². The van der Waals surface area contributed by atoms with Crippen LogP contribution in [0.3, 0.4) is 0 Å². The molecule has 21 heavy (non-hydrogen) atoms. The highest BCUT2D eigenvalue weighted by Gasteiger charge is 2.04. The van der Waals surface area contributed by atoms with Crippen molar-refractivity contribution >= 4 is 27.5 Å². The van der Waals surface area contributed by atoms with E-state index in [1.165, 1.54) is 0 Å². The van der Waals surface area contributed by atoms with Gasteiger partial charge in [0.05, 0.1) is 30.9 Å². The standard InChI is InChI=1S/C15H12BrN3O2/c16-12-7-14(10-18-9-12)21-5-4-15(20)19-13-3-1-2-11(6-13)8-17/h1-3,6-7,9-10H,4-5H2,(H,19,20). The minimum absolute atomic E-state index is 0.173. The molecule has 5 nitrogen and oxygen atoms in total. The summed E-state index contributed by atoms with van der Waals surface area (Å²) >= 11 is 3.29. The van der Waals surface area contributed by atoms with E-state index in [9.17, 15) is 4.79 Å². The smallest absolute Gasteiger partial charge is 0.227 e. The van der Waals surface area contributed by atoms with Crippen LogP contribution in [0.15, 0.2) is 47.2 Å². The molecule has 0 radical (unpaired) electrons. The highest BCUT2D eigenvalue weighted by atomic mass is 79.9. The summed E-state index contributed by atoms with van der Waals surface area (Å²) in [5.74, 6) is 0.427.